The minimum Gasteiger partial charge on any atom is -0.304 e. The molecule has 0 saturated carbocycles. The van der Waals surface area contributed by atoms with E-state index < -0.39 is 0 Å². The van der Waals surface area contributed by atoms with E-state index in [-0.39, 0.29) is 42.7 Å². The number of nitrogens with zero attached hydrogens (tertiary/aromatic N) is 4. The van der Waals surface area contributed by atoms with Crippen molar-refractivity contribution in [2.24, 2.45) is 0 Å². The van der Waals surface area contributed by atoms with Crippen LogP contribution in [0.3, 0.4) is 0 Å². The van der Waals surface area contributed by atoms with Crippen molar-refractivity contribution in [2.45, 2.75) is 105 Å². The molecule has 7 aromatic carbocycles. The molecule has 0 aliphatic heterocycles. The van der Waals surface area contributed by atoms with Crippen LogP contribution in [0.15, 0.2) is 158 Å². The van der Waals surface area contributed by atoms with Crippen molar-refractivity contribution in [3.63, 3.8) is 0 Å². The summed E-state index contributed by atoms with van der Waals surface area (Å²) in [7, 11) is 0. The van der Waals surface area contributed by atoms with Crippen molar-refractivity contribution in [1.29, 1.82) is 0 Å². The van der Waals surface area contributed by atoms with Gasteiger partial charge in [0.25, 0.3) is 0 Å². The molecule has 5 heteroatoms. The minimum absolute atomic E-state index is 0. The number of benzene rings is 7. The summed E-state index contributed by atoms with van der Waals surface area (Å²) < 4.78 is 4.76. The average molecular weight is 1080 g/mol. The van der Waals surface area contributed by atoms with Gasteiger partial charge < -0.3 is 4.57 Å². The quantitative estimate of drug-likeness (QED) is 0.156. The summed E-state index contributed by atoms with van der Waals surface area (Å²) in [4.78, 5) is 10.8. The number of pyridine rings is 1. The fourth-order valence-corrected chi connectivity index (χ4v) is 9.47. The zero-order valence-electron chi connectivity index (χ0n) is 42.1. The van der Waals surface area contributed by atoms with E-state index in [0.717, 1.165) is 78.3 Å². The molecule has 0 aliphatic rings. The molecule has 3 aromatic heterocycles. The third-order valence-electron chi connectivity index (χ3n) is 13.6. The molecule has 0 fully saturated rings. The molecule has 0 amide bonds. The van der Waals surface area contributed by atoms with Gasteiger partial charge in [-0.25, -0.2) is 4.98 Å². The van der Waals surface area contributed by atoms with Crippen LogP contribution in [-0.2, 0) is 42.7 Å². The largest absolute Gasteiger partial charge is 2.00 e. The van der Waals surface area contributed by atoms with Gasteiger partial charge in [-0.05, 0) is 79.8 Å². The first kappa shape index (κ1) is 47.7. The van der Waals surface area contributed by atoms with Gasteiger partial charge in [-0.1, -0.05) is 202 Å². The summed E-state index contributed by atoms with van der Waals surface area (Å²) in [5.41, 5.74) is 18.2. The number of hydrogen-bond acceptors (Lipinski definition) is 2. The molecule has 3 heterocycles. The van der Waals surface area contributed by atoms with Crippen LogP contribution in [0, 0.1) is 12.1 Å². The molecule has 0 radical (unpaired) electrons. The monoisotopic (exact) mass is 1080 g/mol. The first-order valence-corrected chi connectivity index (χ1v) is 24.1. The van der Waals surface area contributed by atoms with Gasteiger partial charge in [0.15, 0.2) is 0 Å². The number of rotatable bonds is 6. The Morgan fingerprint density at radius 3 is 1.72 bits per heavy atom. The second-order valence-corrected chi connectivity index (χ2v) is 22.7. The predicted molar refractivity (Wildman–Crippen MR) is 287 cm³/mol. The maximum atomic E-state index is 5.87. The summed E-state index contributed by atoms with van der Waals surface area (Å²) in [5.74, 6) is 0.806. The fourth-order valence-electron chi connectivity index (χ4n) is 9.47. The number of para-hydroxylation sites is 1. The van der Waals surface area contributed by atoms with E-state index in [9.17, 15) is 0 Å². The fraction of sp³-hybridized carbons (Fsp3) is 0.250. The van der Waals surface area contributed by atoms with Crippen LogP contribution < -0.4 is 0 Å². The molecule has 10 aromatic rings. The predicted octanol–water partition coefficient (Wildman–Crippen LogP) is 17.0. The Morgan fingerprint density at radius 2 is 1.06 bits per heavy atom. The van der Waals surface area contributed by atoms with Gasteiger partial charge in [0.05, 0.1) is 16.7 Å². The van der Waals surface area contributed by atoms with Gasteiger partial charge in [-0.3, -0.25) is 9.55 Å². The van der Waals surface area contributed by atoms with Gasteiger partial charge in [0.1, 0.15) is 0 Å². The Balaban J connectivity index is 0.00000593. The van der Waals surface area contributed by atoms with Crippen LogP contribution in [0.2, 0.25) is 0 Å². The van der Waals surface area contributed by atoms with Gasteiger partial charge in [0.2, 0.25) is 5.95 Å². The zero-order chi connectivity index (χ0) is 47.9. The number of aromatic nitrogens is 4. The normalized spacial score (nSPS) is 12.5. The van der Waals surface area contributed by atoms with Crippen molar-refractivity contribution >= 4 is 32.8 Å². The SMILES string of the molecule is CC(C)(C)c1cc(-c2cc(-c3ccccc3)ccn2)[c-]c(-c2cccc3c2nc(-n2c4[c-]cc(C(C)(C)C)cc4c4cc(C(C)(C)C)ccc42)n3-c2ccc(C(C)(C)C)cc2-c2ccccc2)c1.[Pt+2]. The molecular formula is C64H62N4Pt. The maximum Gasteiger partial charge on any atom is 2.00 e. The summed E-state index contributed by atoms with van der Waals surface area (Å²) in [6.45, 7) is 27.4. The van der Waals surface area contributed by atoms with E-state index in [1.54, 1.807) is 0 Å². The molecule has 0 N–H and O–H groups in total. The second-order valence-electron chi connectivity index (χ2n) is 22.7. The van der Waals surface area contributed by atoms with Crippen LogP contribution >= 0.6 is 0 Å². The van der Waals surface area contributed by atoms with E-state index in [1.165, 1.54) is 33.0 Å². The average Bonchev–Trinajstić information content (AvgIpc) is 3.85. The number of imidazole rings is 1. The van der Waals surface area contributed by atoms with Gasteiger partial charge in [0, 0.05) is 23.0 Å². The topological polar surface area (TPSA) is 35.6 Å². The molecular weight excluding hydrogens is 1020 g/mol. The summed E-state index contributed by atoms with van der Waals surface area (Å²) in [5, 5.41) is 2.37. The van der Waals surface area contributed by atoms with Gasteiger partial charge in [-0.15, -0.1) is 40.3 Å². The third kappa shape index (κ3) is 8.94. The maximum absolute atomic E-state index is 5.87. The van der Waals surface area contributed by atoms with Crippen molar-refractivity contribution < 1.29 is 21.1 Å². The molecule has 4 nitrogen and oxygen atoms in total. The molecule has 0 bridgehead atoms. The van der Waals surface area contributed by atoms with Crippen molar-refractivity contribution in [1.82, 2.24) is 19.1 Å². The Kier molecular flexibility index (Phi) is 12.1. The standard InChI is InChI=1S/C64H62N4.Pt/c1-61(2,3)46-26-29-55(51(38-46)42-22-17-14-18-23-42)68-58-25-19-24-50(44-34-45(36-49(35-44)64(10,11)12)54-37-43(32-33-65-54)41-20-15-13-16-21-41)59(58)66-60(68)67-56-30-27-47(62(4,5)6)39-52(56)53-40-48(63(7,8)9)28-31-57(53)67;/h13-30,32-33,35-40H,1-12H3;/q-2;+2. The third-order valence-corrected chi connectivity index (χ3v) is 13.6. The molecule has 69 heavy (non-hydrogen) atoms. The molecule has 0 atom stereocenters. The van der Waals surface area contributed by atoms with Crippen molar-refractivity contribution in [3.05, 3.63) is 192 Å². The molecule has 0 spiro atoms. The summed E-state index contributed by atoms with van der Waals surface area (Å²) >= 11 is 0. The molecule has 0 aliphatic carbocycles. The van der Waals surface area contributed by atoms with Gasteiger partial charge in [-0.2, -0.15) is 18.2 Å². The Bertz CT molecular complexity index is 3460. The van der Waals surface area contributed by atoms with E-state index in [1.807, 2.05) is 6.20 Å². The molecule has 348 valence electrons. The van der Waals surface area contributed by atoms with E-state index in [2.05, 4.69) is 256 Å². The van der Waals surface area contributed by atoms with Crippen LogP contribution in [0.5, 0.6) is 0 Å². The smallest absolute Gasteiger partial charge is 0.304 e. The molecule has 0 saturated heterocycles. The van der Waals surface area contributed by atoms with Crippen LogP contribution in [0.4, 0.5) is 0 Å². The Hall–Kier alpha value is -6.35. The summed E-state index contributed by atoms with van der Waals surface area (Å²) in [6.07, 6.45) is 1.91. The van der Waals surface area contributed by atoms with Crippen LogP contribution in [0.25, 0.3) is 89.1 Å². The van der Waals surface area contributed by atoms with E-state index >= 15 is 0 Å². The van der Waals surface area contributed by atoms with Crippen molar-refractivity contribution in [3.8, 4) is 56.3 Å². The van der Waals surface area contributed by atoms with E-state index in [4.69, 9.17) is 9.97 Å². The number of fused-ring (bicyclic) bond motifs is 4. The molecule has 10 rings (SSSR count). The second kappa shape index (κ2) is 17.6. The Labute approximate surface area is 423 Å². The Morgan fingerprint density at radius 1 is 0.449 bits per heavy atom. The van der Waals surface area contributed by atoms with Crippen LogP contribution in [-0.4, -0.2) is 19.1 Å². The summed E-state index contributed by atoms with van der Waals surface area (Å²) in [6, 6.07) is 63.1. The van der Waals surface area contributed by atoms with Gasteiger partial charge >= 0.3 is 21.1 Å². The zero-order valence-corrected chi connectivity index (χ0v) is 44.4. The van der Waals surface area contributed by atoms with Crippen molar-refractivity contribution in [2.75, 3.05) is 0 Å². The first-order chi connectivity index (χ1) is 32.2. The minimum atomic E-state index is -0.149. The van der Waals surface area contributed by atoms with E-state index in [0.29, 0.717) is 0 Å². The first-order valence-electron chi connectivity index (χ1n) is 24.1. The number of hydrogen-bond donors (Lipinski definition) is 0. The molecule has 0 unspecified atom stereocenters. The van der Waals surface area contributed by atoms with Crippen LogP contribution in [0.1, 0.15) is 105 Å².